The third kappa shape index (κ3) is 21.7. The Morgan fingerprint density at radius 2 is 1.63 bits per heavy atom. The van der Waals surface area contributed by atoms with Gasteiger partial charge in [-0.15, -0.1) is 0 Å². The molecule has 0 rings (SSSR count). The fourth-order valence-electron chi connectivity index (χ4n) is 1.26. The van der Waals surface area contributed by atoms with Gasteiger partial charge in [-0.05, 0) is 26.5 Å². The number of ether oxygens (including phenoxy) is 2. The van der Waals surface area contributed by atoms with Gasteiger partial charge in [0, 0.05) is 18.6 Å². The SMILES string of the molecule is C=CC(=O)OC(/C=C\C)=C(C=C)C=C.CC(=O)OCCCP(=O)(O)O.CN. The first-order valence-corrected chi connectivity index (χ1v) is 9.62. The summed E-state index contributed by atoms with van der Waals surface area (Å²) in [5.41, 5.74) is 5.17. The van der Waals surface area contributed by atoms with Gasteiger partial charge in [0.2, 0.25) is 0 Å². The van der Waals surface area contributed by atoms with Gasteiger partial charge in [0.15, 0.2) is 0 Å². The van der Waals surface area contributed by atoms with Crippen molar-refractivity contribution < 1.29 is 33.4 Å². The molecule has 0 heterocycles. The molecular formula is C18H30NO7P. The summed E-state index contributed by atoms with van der Waals surface area (Å²) >= 11 is 0. The highest BCUT2D eigenvalue weighted by Crippen LogP contribution is 2.34. The van der Waals surface area contributed by atoms with Gasteiger partial charge in [0.05, 0.1) is 12.8 Å². The van der Waals surface area contributed by atoms with Crippen molar-refractivity contribution >= 4 is 19.5 Å². The van der Waals surface area contributed by atoms with E-state index in [1.54, 1.807) is 24.3 Å². The minimum atomic E-state index is -3.92. The van der Waals surface area contributed by atoms with E-state index in [4.69, 9.17) is 14.5 Å². The van der Waals surface area contributed by atoms with Crippen LogP contribution in [0.3, 0.4) is 0 Å². The summed E-state index contributed by atoms with van der Waals surface area (Å²) in [6, 6.07) is 0. The fourth-order valence-corrected chi connectivity index (χ4v) is 1.80. The summed E-state index contributed by atoms with van der Waals surface area (Å²) in [7, 11) is -2.42. The Morgan fingerprint density at radius 3 is 1.96 bits per heavy atom. The molecule has 154 valence electrons. The van der Waals surface area contributed by atoms with Gasteiger partial charge in [0.25, 0.3) is 0 Å². The highest BCUT2D eigenvalue weighted by atomic mass is 31.2. The molecule has 0 unspecified atom stereocenters. The molecule has 0 bridgehead atoms. The first-order chi connectivity index (χ1) is 12.6. The van der Waals surface area contributed by atoms with E-state index in [2.05, 4.69) is 30.2 Å². The molecule has 0 spiro atoms. The molecule has 0 radical (unpaired) electrons. The van der Waals surface area contributed by atoms with Crippen molar-refractivity contribution in [2.24, 2.45) is 5.73 Å². The lowest BCUT2D eigenvalue weighted by molar-refractivity contribution is -0.141. The number of allylic oxidation sites excluding steroid dienone is 5. The smallest absolute Gasteiger partial charge is 0.335 e. The summed E-state index contributed by atoms with van der Waals surface area (Å²) in [4.78, 5) is 37.8. The summed E-state index contributed by atoms with van der Waals surface area (Å²) < 4.78 is 19.7. The summed E-state index contributed by atoms with van der Waals surface area (Å²) in [5.74, 6) is -0.516. The lowest BCUT2D eigenvalue weighted by Crippen LogP contribution is -2.02. The molecule has 0 aliphatic rings. The number of hydrogen-bond acceptors (Lipinski definition) is 6. The molecule has 0 amide bonds. The first-order valence-electron chi connectivity index (χ1n) is 7.83. The first kappa shape index (κ1) is 29.5. The topological polar surface area (TPSA) is 136 Å². The van der Waals surface area contributed by atoms with Gasteiger partial charge < -0.3 is 25.0 Å². The second-order valence-electron chi connectivity index (χ2n) is 4.43. The van der Waals surface area contributed by atoms with Crippen molar-refractivity contribution in [1.82, 2.24) is 0 Å². The van der Waals surface area contributed by atoms with Crippen molar-refractivity contribution in [3.8, 4) is 0 Å². The van der Waals surface area contributed by atoms with Gasteiger partial charge in [-0.1, -0.05) is 38.0 Å². The Bertz CT molecular complexity index is 579. The minimum absolute atomic E-state index is 0.0699. The van der Waals surface area contributed by atoms with Crippen LogP contribution in [-0.2, 0) is 23.6 Å². The molecule has 0 aromatic carbocycles. The molecule has 0 aliphatic carbocycles. The zero-order valence-corrected chi connectivity index (χ0v) is 17.0. The molecule has 0 atom stereocenters. The molecule has 0 aromatic heterocycles. The number of nitrogens with two attached hydrogens (primary N) is 1. The Balaban J connectivity index is -0.000000400. The maximum atomic E-state index is 11.0. The molecule has 27 heavy (non-hydrogen) atoms. The number of esters is 2. The third-order valence-corrected chi connectivity index (χ3v) is 3.22. The third-order valence-electron chi connectivity index (χ3n) is 2.32. The van der Waals surface area contributed by atoms with E-state index < -0.39 is 19.5 Å². The molecule has 9 heteroatoms. The largest absolute Gasteiger partial charge is 0.466 e. The molecular weight excluding hydrogens is 373 g/mol. The van der Waals surface area contributed by atoms with Crippen LogP contribution in [0.25, 0.3) is 0 Å². The highest BCUT2D eigenvalue weighted by Gasteiger charge is 2.11. The van der Waals surface area contributed by atoms with Gasteiger partial charge in [-0.3, -0.25) is 9.36 Å². The second kappa shape index (κ2) is 18.5. The average Bonchev–Trinajstić information content (AvgIpc) is 2.61. The molecule has 0 saturated carbocycles. The predicted molar refractivity (Wildman–Crippen MR) is 107 cm³/mol. The van der Waals surface area contributed by atoms with E-state index in [0.29, 0.717) is 11.3 Å². The van der Waals surface area contributed by atoms with Crippen molar-refractivity contribution in [3.63, 3.8) is 0 Å². The lowest BCUT2D eigenvalue weighted by Gasteiger charge is -2.04. The number of rotatable bonds is 9. The Labute approximate surface area is 160 Å². The number of carbonyl (C=O) groups is 2. The fraction of sp³-hybridized carbons (Fsp3) is 0.333. The molecule has 4 N–H and O–H groups in total. The highest BCUT2D eigenvalue weighted by molar-refractivity contribution is 7.51. The van der Waals surface area contributed by atoms with Crippen molar-refractivity contribution in [3.05, 3.63) is 61.4 Å². The Hall–Kier alpha value is -2.25. The van der Waals surface area contributed by atoms with E-state index in [1.165, 1.54) is 14.0 Å². The van der Waals surface area contributed by atoms with Crippen molar-refractivity contribution in [1.29, 1.82) is 0 Å². The average molecular weight is 403 g/mol. The summed E-state index contributed by atoms with van der Waals surface area (Å²) in [6.45, 7) is 13.6. The van der Waals surface area contributed by atoms with Crippen LogP contribution in [0, 0.1) is 0 Å². The predicted octanol–water partition coefficient (Wildman–Crippen LogP) is 2.61. The van der Waals surface area contributed by atoms with Crippen molar-refractivity contribution in [2.75, 3.05) is 19.8 Å². The number of carbonyl (C=O) groups excluding carboxylic acids is 2. The van der Waals surface area contributed by atoms with Crippen molar-refractivity contribution in [2.45, 2.75) is 20.3 Å². The molecule has 0 aromatic rings. The van der Waals surface area contributed by atoms with Crippen LogP contribution < -0.4 is 5.73 Å². The van der Waals surface area contributed by atoms with Crippen LogP contribution in [0.5, 0.6) is 0 Å². The minimum Gasteiger partial charge on any atom is -0.466 e. The van der Waals surface area contributed by atoms with E-state index >= 15 is 0 Å². The maximum absolute atomic E-state index is 11.0. The van der Waals surface area contributed by atoms with E-state index in [9.17, 15) is 14.2 Å². The lowest BCUT2D eigenvalue weighted by atomic mass is 10.2. The monoisotopic (exact) mass is 403 g/mol. The zero-order chi connectivity index (χ0) is 21.9. The normalized spacial score (nSPS) is 9.56. The molecule has 0 aliphatic heterocycles. The van der Waals surface area contributed by atoms with Gasteiger partial charge in [0.1, 0.15) is 5.76 Å². The van der Waals surface area contributed by atoms with Crippen LogP contribution in [0.2, 0.25) is 0 Å². The zero-order valence-electron chi connectivity index (χ0n) is 16.1. The molecule has 0 saturated heterocycles. The number of hydrogen-bond donors (Lipinski definition) is 3. The van der Waals surface area contributed by atoms with Crippen LogP contribution in [-0.4, -0.2) is 41.5 Å². The standard InChI is InChI=1S/C12H14O2.C5H11O5P.CH5N/c1-5-9-11(10(6-2)7-3)14-12(13)8-4;1-5(6)10-3-2-4-11(7,8)9;1-2/h5-9H,2-4H2,1H3;2-4H2,1H3,(H2,7,8,9);2H2,1H3/b9-5-;;. The Kier molecular flexibility index (Phi) is 20.3. The van der Waals surface area contributed by atoms with Crippen LogP contribution in [0.15, 0.2) is 61.4 Å². The Morgan fingerprint density at radius 1 is 1.11 bits per heavy atom. The van der Waals surface area contributed by atoms with E-state index in [1.807, 2.05) is 6.92 Å². The van der Waals surface area contributed by atoms with E-state index in [-0.39, 0.29) is 19.2 Å². The van der Waals surface area contributed by atoms with E-state index in [0.717, 1.165) is 6.08 Å². The quantitative estimate of drug-likeness (QED) is 0.133. The second-order valence-corrected chi connectivity index (χ2v) is 6.21. The van der Waals surface area contributed by atoms with Gasteiger partial charge in [-0.2, -0.15) is 0 Å². The van der Waals surface area contributed by atoms with Gasteiger partial charge >= 0.3 is 19.5 Å². The summed E-state index contributed by atoms with van der Waals surface area (Å²) in [6.07, 6.45) is 7.63. The summed E-state index contributed by atoms with van der Waals surface area (Å²) in [5, 5.41) is 0. The van der Waals surface area contributed by atoms with Crippen LogP contribution >= 0.6 is 7.60 Å². The van der Waals surface area contributed by atoms with Crippen LogP contribution in [0.4, 0.5) is 0 Å². The molecule has 8 nitrogen and oxygen atoms in total. The molecule has 0 fully saturated rings. The van der Waals surface area contributed by atoms with Crippen LogP contribution in [0.1, 0.15) is 20.3 Å². The maximum Gasteiger partial charge on any atom is 0.335 e. The van der Waals surface area contributed by atoms with Gasteiger partial charge in [-0.25, -0.2) is 4.79 Å².